The minimum atomic E-state index is -0.550. The van der Waals surface area contributed by atoms with Crippen LogP contribution in [0.4, 0.5) is 4.39 Å². The van der Waals surface area contributed by atoms with E-state index < -0.39 is 5.82 Å². The molecule has 188 valence electrons. The second-order valence-electron chi connectivity index (χ2n) is 8.21. The highest BCUT2D eigenvalue weighted by molar-refractivity contribution is 6.31. The number of methoxy groups -OCH3 is 1. The molecule has 0 aliphatic carbocycles. The van der Waals surface area contributed by atoms with E-state index in [9.17, 15) is 14.0 Å². The molecule has 0 saturated heterocycles. The Morgan fingerprint density at radius 3 is 2.67 bits per heavy atom. The number of aromatic nitrogens is 1. The van der Waals surface area contributed by atoms with Gasteiger partial charge in [0, 0.05) is 24.0 Å². The minimum absolute atomic E-state index is 0.0220. The van der Waals surface area contributed by atoms with Crippen LogP contribution >= 0.6 is 11.6 Å². The number of aryl methyl sites for hydroxylation is 1. The Hall–Kier alpha value is -3.49. The average Bonchev–Trinajstić information content (AvgIpc) is 2.91. The van der Waals surface area contributed by atoms with E-state index in [1.54, 1.807) is 30.3 Å². The predicted molar refractivity (Wildman–Crippen MR) is 132 cm³/mol. The van der Waals surface area contributed by atoms with Gasteiger partial charge in [0.2, 0.25) is 0 Å². The van der Waals surface area contributed by atoms with E-state index in [-0.39, 0.29) is 48.3 Å². The zero-order chi connectivity index (χ0) is 25.7. The van der Waals surface area contributed by atoms with Crippen LogP contribution in [0.25, 0.3) is 11.3 Å². The number of carbonyl (C=O) groups is 2. The van der Waals surface area contributed by atoms with Crippen molar-refractivity contribution in [1.29, 1.82) is 0 Å². The number of rotatable bonds is 10. The predicted octanol–water partition coefficient (Wildman–Crippen LogP) is 5.09. The monoisotopic (exact) mass is 513 g/mol. The Bertz CT molecular complexity index is 1300. The molecule has 1 aromatic heterocycles. The van der Waals surface area contributed by atoms with Crippen molar-refractivity contribution in [2.24, 2.45) is 0 Å². The molecule has 0 amide bonds. The van der Waals surface area contributed by atoms with Crippen molar-refractivity contribution in [2.75, 3.05) is 26.9 Å². The van der Waals surface area contributed by atoms with Crippen molar-refractivity contribution in [1.82, 2.24) is 4.98 Å². The number of aliphatic hydroxyl groups excluding tert-OH is 1. The molecule has 0 spiro atoms. The number of Topliss-reactive ketones (excluding diaryl/α,β-unsaturated/α-hetero) is 2. The van der Waals surface area contributed by atoms with Crippen molar-refractivity contribution in [2.45, 2.75) is 25.7 Å². The lowest BCUT2D eigenvalue weighted by molar-refractivity contribution is 0.0914. The molecule has 4 rings (SSSR count). The number of aliphatic hydroxyl groups is 1. The van der Waals surface area contributed by atoms with E-state index in [0.29, 0.717) is 47.1 Å². The van der Waals surface area contributed by atoms with Crippen molar-refractivity contribution in [3.05, 3.63) is 70.1 Å². The van der Waals surface area contributed by atoms with Gasteiger partial charge >= 0.3 is 0 Å². The highest BCUT2D eigenvalue weighted by atomic mass is 35.5. The third kappa shape index (κ3) is 5.66. The van der Waals surface area contributed by atoms with Crippen LogP contribution in [0.2, 0.25) is 5.02 Å². The van der Waals surface area contributed by atoms with Gasteiger partial charge in [-0.2, -0.15) is 0 Å². The number of hydrogen-bond acceptors (Lipinski definition) is 7. The van der Waals surface area contributed by atoms with Crippen molar-refractivity contribution in [3.63, 3.8) is 0 Å². The smallest absolute Gasteiger partial charge is 0.181 e. The summed E-state index contributed by atoms with van der Waals surface area (Å²) in [6.45, 7) is 0.472. The fraction of sp³-hybridized carbons (Fsp3) is 0.296. The molecule has 1 aliphatic heterocycles. The Kier molecular flexibility index (Phi) is 8.18. The maximum Gasteiger partial charge on any atom is 0.181 e. The van der Waals surface area contributed by atoms with E-state index >= 15 is 0 Å². The molecule has 0 bridgehead atoms. The first-order valence-electron chi connectivity index (χ1n) is 11.5. The molecule has 0 saturated carbocycles. The molecule has 7 nitrogen and oxygen atoms in total. The van der Waals surface area contributed by atoms with Crippen molar-refractivity contribution in [3.8, 4) is 28.5 Å². The van der Waals surface area contributed by atoms with Crippen LogP contribution in [0, 0.1) is 5.82 Å². The average molecular weight is 514 g/mol. The zero-order valence-electron chi connectivity index (χ0n) is 19.7. The van der Waals surface area contributed by atoms with Gasteiger partial charge < -0.3 is 19.3 Å². The first-order chi connectivity index (χ1) is 17.4. The summed E-state index contributed by atoms with van der Waals surface area (Å²) in [5.41, 5.74) is 2.40. The fourth-order valence-electron chi connectivity index (χ4n) is 3.97. The second kappa shape index (κ2) is 11.5. The number of pyridine rings is 1. The van der Waals surface area contributed by atoms with E-state index in [2.05, 4.69) is 4.98 Å². The third-order valence-electron chi connectivity index (χ3n) is 5.78. The Labute approximate surface area is 212 Å². The fourth-order valence-corrected chi connectivity index (χ4v) is 4.15. The van der Waals surface area contributed by atoms with Crippen LogP contribution in [0.1, 0.15) is 45.7 Å². The molecule has 0 unspecified atom stereocenters. The number of fused-ring (bicyclic) bond motifs is 1. The molecule has 3 aromatic rings. The molecule has 36 heavy (non-hydrogen) atoms. The second-order valence-corrected chi connectivity index (χ2v) is 8.62. The summed E-state index contributed by atoms with van der Waals surface area (Å²) in [6.07, 6.45) is 1.45. The first kappa shape index (κ1) is 25.6. The summed E-state index contributed by atoms with van der Waals surface area (Å²) < 4.78 is 30.2. The lowest BCUT2D eigenvalue weighted by Gasteiger charge is -2.21. The number of carbonyl (C=O) groups excluding carboxylic acids is 2. The van der Waals surface area contributed by atoms with Crippen LogP contribution in [0.3, 0.4) is 0 Å². The van der Waals surface area contributed by atoms with E-state index in [1.165, 1.54) is 19.2 Å². The number of ether oxygens (including phenoxy) is 3. The van der Waals surface area contributed by atoms with E-state index in [4.69, 9.17) is 30.9 Å². The van der Waals surface area contributed by atoms with Crippen molar-refractivity contribution < 1.29 is 33.3 Å². The van der Waals surface area contributed by atoms with Gasteiger partial charge in [-0.1, -0.05) is 11.6 Å². The van der Waals surface area contributed by atoms with Gasteiger partial charge in [-0.3, -0.25) is 9.59 Å². The molecule has 0 fully saturated rings. The normalized spacial score (nSPS) is 12.4. The Morgan fingerprint density at radius 2 is 1.92 bits per heavy atom. The maximum absolute atomic E-state index is 13.7. The topological polar surface area (TPSA) is 95.0 Å². The minimum Gasteiger partial charge on any atom is -0.493 e. The summed E-state index contributed by atoms with van der Waals surface area (Å²) in [5.74, 6) is 0.258. The van der Waals surface area contributed by atoms with Crippen molar-refractivity contribution >= 4 is 23.2 Å². The van der Waals surface area contributed by atoms with E-state index in [0.717, 1.165) is 12.0 Å². The standard InChI is InChI=1S/C27H25ClFNO6/c1-34-25-15-16(5-9-24(25)35-12-10-31)22(32)7-8-23(33)21-14-18-3-2-11-36-27(18)26(30-21)17-4-6-20(29)19(28)13-17/h4-6,9,13-15,31H,2-3,7-8,10-12H2,1H3. The number of benzene rings is 2. The highest BCUT2D eigenvalue weighted by Crippen LogP contribution is 2.37. The summed E-state index contributed by atoms with van der Waals surface area (Å²) in [7, 11) is 1.45. The summed E-state index contributed by atoms with van der Waals surface area (Å²) >= 11 is 5.97. The first-order valence-corrected chi connectivity index (χ1v) is 11.9. The van der Waals surface area contributed by atoms with Gasteiger partial charge in [0.1, 0.15) is 29.6 Å². The lowest BCUT2D eigenvalue weighted by Crippen LogP contribution is -2.14. The highest BCUT2D eigenvalue weighted by Gasteiger charge is 2.23. The molecular weight excluding hydrogens is 489 g/mol. The van der Waals surface area contributed by atoms with Crippen LogP contribution in [-0.4, -0.2) is 48.6 Å². The molecule has 2 heterocycles. The Morgan fingerprint density at radius 1 is 1.11 bits per heavy atom. The molecule has 0 atom stereocenters. The number of halogens is 2. The molecule has 0 radical (unpaired) electrons. The van der Waals surface area contributed by atoms with Gasteiger partial charge in [-0.05, 0) is 60.9 Å². The summed E-state index contributed by atoms with van der Waals surface area (Å²) in [6, 6.07) is 10.7. The van der Waals surface area contributed by atoms with Gasteiger partial charge in [0.05, 0.1) is 25.3 Å². The SMILES string of the molecule is COc1cc(C(=O)CCC(=O)c2cc3c(c(-c4ccc(F)c(Cl)c4)n2)OCCC3)ccc1OCCO. The summed E-state index contributed by atoms with van der Waals surface area (Å²) in [5, 5.41) is 8.88. The van der Waals surface area contributed by atoms with Crippen LogP contribution in [-0.2, 0) is 6.42 Å². The third-order valence-corrected chi connectivity index (χ3v) is 6.07. The number of ketones is 2. The van der Waals surface area contributed by atoms with Crippen LogP contribution < -0.4 is 14.2 Å². The Balaban J connectivity index is 1.53. The van der Waals surface area contributed by atoms with E-state index in [1.807, 2.05) is 0 Å². The van der Waals surface area contributed by atoms with Gasteiger partial charge in [-0.15, -0.1) is 0 Å². The maximum atomic E-state index is 13.7. The quantitative estimate of drug-likeness (QED) is 0.377. The van der Waals surface area contributed by atoms with Crippen LogP contribution in [0.15, 0.2) is 42.5 Å². The zero-order valence-corrected chi connectivity index (χ0v) is 20.4. The molecule has 2 aromatic carbocycles. The summed E-state index contributed by atoms with van der Waals surface area (Å²) in [4.78, 5) is 30.4. The molecule has 1 N–H and O–H groups in total. The van der Waals surface area contributed by atoms with Gasteiger partial charge in [0.25, 0.3) is 0 Å². The molecular formula is C27H25ClFNO6. The number of nitrogens with zero attached hydrogens (tertiary/aromatic N) is 1. The molecule has 1 aliphatic rings. The lowest BCUT2D eigenvalue weighted by atomic mass is 9.98. The van der Waals surface area contributed by atoms with Crippen LogP contribution in [0.5, 0.6) is 17.2 Å². The molecule has 9 heteroatoms. The number of hydrogen-bond donors (Lipinski definition) is 1. The van der Waals surface area contributed by atoms with Gasteiger partial charge in [0.15, 0.2) is 23.1 Å². The largest absolute Gasteiger partial charge is 0.493 e. The van der Waals surface area contributed by atoms with Gasteiger partial charge in [-0.25, -0.2) is 9.37 Å².